The lowest BCUT2D eigenvalue weighted by molar-refractivity contribution is -0.125. The normalized spacial score (nSPS) is 10.8. The van der Waals surface area contributed by atoms with E-state index in [-0.39, 0.29) is 24.2 Å². The molecular formula is C17H21F3N4O5. The highest BCUT2D eigenvalue weighted by atomic mass is 19.4. The third-order valence-corrected chi connectivity index (χ3v) is 3.10. The van der Waals surface area contributed by atoms with Gasteiger partial charge in [-0.2, -0.15) is 13.2 Å². The van der Waals surface area contributed by atoms with Gasteiger partial charge in [0.25, 0.3) is 5.91 Å². The van der Waals surface area contributed by atoms with Crippen LogP contribution in [-0.4, -0.2) is 49.3 Å². The summed E-state index contributed by atoms with van der Waals surface area (Å²) in [4.78, 5) is 45.9. The highest BCUT2D eigenvalue weighted by molar-refractivity contribution is 5.97. The van der Waals surface area contributed by atoms with Gasteiger partial charge in [-0.3, -0.25) is 10.1 Å². The summed E-state index contributed by atoms with van der Waals surface area (Å²) in [5.74, 6) is -1.96. The van der Waals surface area contributed by atoms with Crippen molar-refractivity contribution in [3.8, 4) is 0 Å². The molecule has 4 N–H and O–H groups in total. The van der Waals surface area contributed by atoms with Crippen LogP contribution < -0.4 is 21.3 Å². The molecule has 0 aliphatic carbocycles. The standard InChI is InChI=1S/C17H21F3N4O5/c1-10(2)23-15(27)21-7-11-3-5-12(6-4-11)14(26)29-8-13(25)24-16(28)22-9-17(18,19)20/h3-6,10H,7-9H2,1-2H3,(H2,21,23,27)(H2,22,24,25,28). The van der Waals surface area contributed by atoms with Gasteiger partial charge in [-0.05, 0) is 31.5 Å². The van der Waals surface area contributed by atoms with Crippen molar-refractivity contribution in [2.24, 2.45) is 0 Å². The Morgan fingerprint density at radius 1 is 1.00 bits per heavy atom. The van der Waals surface area contributed by atoms with Crippen molar-refractivity contribution in [3.05, 3.63) is 35.4 Å². The summed E-state index contributed by atoms with van der Waals surface area (Å²) in [7, 11) is 0. The molecule has 5 amide bonds. The van der Waals surface area contributed by atoms with E-state index < -0.39 is 37.2 Å². The Morgan fingerprint density at radius 3 is 2.17 bits per heavy atom. The van der Waals surface area contributed by atoms with Crippen molar-refractivity contribution in [2.75, 3.05) is 13.2 Å². The summed E-state index contributed by atoms with van der Waals surface area (Å²) in [6, 6.07) is 4.24. The van der Waals surface area contributed by atoms with E-state index in [0.29, 0.717) is 5.56 Å². The molecule has 0 bridgehead atoms. The van der Waals surface area contributed by atoms with Crippen LogP contribution in [0, 0.1) is 0 Å². The molecule has 0 saturated heterocycles. The van der Waals surface area contributed by atoms with E-state index in [2.05, 4.69) is 15.4 Å². The number of urea groups is 2. The molecule has 29 heavy (non-hydrogen) atoms. The van der Waals surface area contributed by atoms with Crippen molar-refractivity contribution >= 4 is 23.9 Å². The lowest BCUT2D eigenvalue weighted by Gasteiger charge is -2.10. The van der Waals surface area contributed by atoms with Gasteiger partial charge in [-0.25, -0.2) is 14.4 Å². The molecule has 0 radical (unpaired) electrons. The number of amides is 5. The Morgan fingerprint density at radius 2 is 1.62 bits per heavy atom. The number of hydrogen-bond acceptors (Lipinski definition) is 5. The highest BCUT2D eigenvalue weighted by Gasteiger charge is 2.28. The van der Waals surface area contributed by atoms with Crippen LogP contribution in [0.2, 0.25) is 0 Å². The number of benzene rings is 1. The topological polar surface area (TPSA) is 126 Å². The van der Waals surface area contributed by atoms with Crippen molar-refractivity contribution in [1.82, 2.24) is 21.3 Å². The molecule has 0 unspecified atom stereocenters. The van der Waals surface area contributed by atoms with E-state index in [1.807, 2.05) is 13.8 Å². The maximum Gasteiger partial charge on any atom is 0.405 e. The van der Waals surface area contributed by atoms with Crippen LogP contribution in [0.5, 0.6) is 0 Å². The molecule has 1 rings (SSSR count). The average molecular weight is 418 g/mol. The number of halogens is 3. The fourth-order valence-corrected chi connectivity index (χ4v) is 1.86. The van der Waals surface area contributed by atoms with Gasteiger partial charge in [-0.15, -0.1) is 0 Å². The first-order valence-corrected chi connectivity index (χ1v) is 8.41. The molecule has 12 heteroatoms. The van der Waals surface area contributed by atoms with Gasteiger partial charge in [0.05, 0.1) is 5.56 Å². The second kappa shape index (κ2) is 10.9. The zero-order valence-electron chi connectivity index (χ0n) is 15.7. The van der Waals surface area contributed by atoms with Crippen LogP contribution in [0.1, 0.15) is 29.8 Å². The number of carbonyl (C=O) groups is 4. The summed E-state index contributed by atoms with van der Waals surface area (Å²) in [6.45, 7) is 1.40. The summed E-state index contributed by atoms with van der Waals surface area (Å²) < 4.78 is 40.5. The molecule has 1 aromatic rings. The van der Waals surface area contributed by atoms with Gasteiger partial charge in [0.15, 0.2) is 6.61 Å². The summed E-state index contributed by atoms with van der Waals surface area (Å²) in [5.41, 5.74) is 0.814. The second-order valence-electron chi connectivity index (χ2n) is 6.10. The van der Waals surface area contributed by atoms with Crippen LogP contribution in [0.15, 0.2) is 24.3 Å². The van der Waals surface area contributed by atoms with E-state index in [0.717, 1.165) is 0 Å². The van der Waals surface area contributed by atoms with Gasteiger partial charge >= 0.3 is 24.2 Å². The van der Waals surface area contributed by atoms with Crippen molar-refractivity contribution in [2.45, 2.75) is 32.6 Å². The van der Waals surface area contributed by atoms with Crippen LogP contribution >= 0.6 is 0 Å². The number of rotatable bonds is 7. The number of nitrogens with one attached hydrogen (secondary N) is 4. The maximum atomic E-state index is 11.9. The van der Waals surface area contributed by atoms with Crippen LogP contribution in [-0.2, 0) is 16.1 Å². The molecule has 160 valence electrons. The molecule has 9 nitrogen and oxygen atoms in total. The third-order valence-electron chi connectivity index (χ3n) is 3.10. The van der Waals surface area contributed by atoms with E-state index >= 15 is 0 Å². The smallest absolute Gasteiger partial charge is 0.405 e. The largest absolute Gasteiger partial charge is 0.452 e. The molecule has 1 aromatic carbocycles. The molecule has 0 saturated carbocycles. The van der Waals surface area contributed by atoms with Crippen LogP contribution in [0.25, 0.3) is 0 Å². The number of imide groups is 1. The Kier molecular flexibility index (Phi) is 8.90. The quantitative estimate of drug-likeness (QED) is 0.499. The molecule has 0 aliphatic rings. The van der Waals surface area contributed by atoms with Crippen LogP contribution in [0.3, 0.4) is 0 Å². The van der Waals surface area contributed by atoms with Gasteiger partial charge in [-0.1, -0.05) is 12.1 Å². The van der Waals surface area contributed by atoms with Gasteiger partial charge in [0.2, 0.25) is 0 Å². The Balaban J connectivity index is 2.39. The monoisotopic (exact) mass is 418 g/mol. The minimum atomic E-state index is -4.62. The minimum absolute atomic E-state index is 0.0138. The zero-order valence-corrected chi connectivity index (χ0v) is 15.7. The number of carbonyl (C=O) groups excluding carboxylic acids is 4. The number of ether oxygens (including phenoxy) is 1. The Bertz CT molecular complexity index is 736. The van der Waals surface area contributed by atoms with E-state index in [4.69, 9.17) is 0 Å². The maximum absolute atomic E-state index is 11.9. The molecule has 0 fully saturated rings. The fraction of sp³-hybridized carbons (Fsp3) is 0.412. The molecular weight excluding hydrogens is 397 g/mol. The lowest BCUT2D eigenvalue weighted by Crippen LogP contribution is -2.44. The Labute approximate surface area is 164 Å². The van der Waals surface area contributed by atoms with Crippen LogP contribution in [0.4, 0.5) is 22.8 Å². The molecule has 0 aromatic heterocycles. The molecule has 0 spiro atoms. The SMILES string of the molecule is CC(C)NC(=O)NCc1ccc(C(=O)OCC(=O)NC(=O)NCC(F)(F)F)cc1. The molecule has 0 atom stereocenters. The van der Waals surface area contributed by atoms with Gasteiger partial charge in [0, 0.05) is 12.6 Å². The predicted octanol–water partition coefficient (Wildman–Crippen LogP) is 1.44. The number of esters is 1. The van der Waals surface area contributed by atoms with Crippen molar-refractivity contribution in [3.63, 3.8) is 0 Å². The zero-order chi connectivity index (χ0) is 22.0. The number of alkyl halides is 3. The van der Waals surface area contributed by atoms with Gasteiger partial charge in [0.1, 0.15) is 6.54 Å². The van der Waals surface area contributed by atoms with E-state index in [9.17, 15) is 32.3 Å². The average Bonchev–Trinajstić information content (AvgIpc) is 2.62. The van der Waals surface area contributed by atoms with E-state index in [1.54, 1.807) is 17.4 Å². The number of hydrogen-bond donors (Lipinski definition) is 4. The first-order chi connectivity index (χ1) is 13.5. The molecule has 0 heterocycles. The summed E-state index contributed by atoms with van der Waals surface area (Å²) in [6.07, 6.45) is -4.62. The highest BCUT2D eigenvalue weighted by Crippen LogP contribution is 2.11. The van der Waals surface area contributed by atoms with E-state index in [1.165, 1.54) is 17.4 Å². The minimum Gasteiger partial charge on any atom is -0.452 e. The molecule has 0 aliphatic heterocycles. The van der Waals surface area contributed by atoms with Crippen molar-refractivity contribution < 1.29 is 37.1 Å². The van der Waals surface area contributed by atoms with Gasteiger partial charge < -0.3 is 20.7 Å². The summed E-state index contributed by atoms with van der Waals surface area (Å²) >= 11 is 0. The third kappa shape index (κ3) is 10.6. The first kappa shape index (κ1) is 23.7. The Hall–Kier alpha value is -3.31. The lowest BCUT2D eigenvalue weighted by atomic mass is 10.1. The fourth-order valence-electron chi connectivity index (χ4n) is 1.86. The second-order valence-corrected chi connectivity index (χ2v) is 6.10. The predicted molar refractivity (Wildman–Crippen MR) is 94.8 cm³/mol. The summed E-state index contributed by atoms with van der Waals surface area (Å²) in [5, 5.41) is 8.32. The van der Waals surface area contributed by atoms with Crippen molar-refractivity contribution in [1.29, 1.82) is 0 Å². The first-order valence-electron chi connectivity index (χ1n) is 8.41.